The molecule has 2 aromatic rings. The van der Waals surface area contributed by atoms with E-state index in [0.717, 1.165) is 29.0 Å². The lowest BCUT2D eigenvalue weighted by Gasteiger charge is -2.28. The van der Waals surface area contributed by atoms with Crippen molar-refractivity contribution in [3.63, 3.8) is 0 Å². The Morgan fingerprint density at radius 2 is 1.97 bits per heavy atom. The number of benzene rings is 2. The number of ether oxygens (including phenoxy) is 1. The second-order valence-electron chi connectivity index (χ2n) is 6.77. The molecule has 6 nitrogen and oxygen atoms in total. The Bertz CT molecular complexity index is 1010. The zero-order valence-corrected chi connectivity index (χ0v) is 16.8. The van der Waals surface area contributed by atoms with Crippen molar-refractivity contribution in [3.8, 4) is 5.75 Å². The van der Waals surface area contributed by atoms with Crippen LogP contribution in [0.15, 0.2) is 36.4 Å². The summed E-state index contributed by atoms with van der Waals surface area (Å²) in [6, 6.07) is 8.27. The summed E-state index contributed by atoms with van der Waals surface area (Å²) in [6.45, 7) is 0.751. The van der Waals surface area contributed by atoms with Crippen LogP contribution in [0.5, 0.6) is 5.75 Å². The van der Waals surface area contributed by atoms with Crippen LogP contribution in [0, 0.1) is 11.6 Å². The predicted octanol–water partition coefficient (Wildman–Crippen LogP) is 2.48. The maximum Gasteiger partial charge on any atom is 0.254 e. The molecule has 0 radical (unpaired) electrons. The molecule has 0 aliphatic carbocycles. The third kappa shape index (κ3) is 5.10. The molecular weight excluding hydrogens is 402 g/mol. The van der Waals surface area contributed by atoms with Gasteiger partial charge in [-0.25, -0.2) is 17.2 Å². The molecule has 0 bridgehead atoms. The van der Waals surface area contributed by atoms with Crippen LogP contribution in [-0.4, -0.2) is 44.6 Å². The normalized spacial score (nSPS) is 14.3. The number of amides is 1. The lowest BCUT2D eigenvalue weighted by molar-refractivity contribution is 0.0949. The number of halogens is 2. The highest BCUT2D eigenvalue weighted by Gasteiger charge is 2.26. The van der Waals surface area contributed by atoms with Gasteiger partial charge in [0.1, 0.15) is 17.4 Å². The molecule has 0 spiro atoms. The van der Waals surface area contributed by atoms with Gasteiger partial charge in [0.2, 0.25) is 10.0 Å². The van der Waals surface area contributed by atoms with Crippen molar-refractivity contribution in [3.05, 3.63) is 64.7 Å². The van der Waals surface area contributed by atoms with E-state index in [4.69, 9.17) is 4.74 Å². The number of carbonyl (C=O) groups excluding carboxylic acids is 1. The molecular formula is C20H22F2N2O4S. The molecule has 2 aromatic carbocycles. The van der Waals surface area contributed by atoms with E-state index >= 15 is 0 Å². The van der Waals surface area contributed by atoms with Gasteiger partial charge in [-0.05, 0) is 48.2 Å². The van der Waals surface area contributed by atoms with Gasteiger partial charge in [0, 0.05) is 25.7 Å². The number of nitrogens with zero attached hydrogens (tertiary/aromatic N) is 1. The Kier molecular flexibility index (Phi) is 6.49. The number of nitrogens with one attached hydrogen (secondary N) is 1. The van der Waals surface area contributed by atoms with Gasteiger partial charge < -0.3 is 10.1 Å². The van der Waals surface area contributed by atoms with Crippen LogP contribution in [0.25, 0.3) is 0 Å². The van der Waals surface area contributed by atoms with Gasteiger partial charge >= 0.3 is 0 Å². The molecule has 0 saturated carbocycles. The lowest BCUT2D eigenvalue weighted by atomic mass is 10.0. The maximum atomic E-state index is 13.6. The summed E-state index contributed by atoms with van der Waals surface area (Å²) in [7, 11) is -1.90. The van der Waals surface area contributed by atoms with Crippen LogP contribution in [-0.2, 0) is 23.0 Å². The average molecular weight is 424 g/mol. The lowest BCUT2D eigenvalue weighted by Crippen LogP contribution is -2.38. The van der Waals surface area contributed by atoms with E-state index in [1.165, 1.54) is 4.31 Å². The Morgan fingerprint density at radius 3 is 2.69 bits per heavy atom. The fourth-order valence-electron chi connectivity index (χ4n) is 3.22. The summed E-state index contributed by atoms with van der Waals surface area (Å²) in [4.78, 5) is 11.9. The van der Waals surface area contributed by atoms with E-state index in [1.807, 2.05) is 12.1 Å². The summed E-state index contributed by atoms with van der Waals surface area (Å²) in [5.74, 6) is -1.83. The molecule has 156 valence electrons. The monoisotopic (exact) mass is 424 g/mol. The van der Waals surface area contributed by atoms with Gasteiger partial charge in [0.25, 0.3) is 5.91 Å². The topological polar surface area (TPSA) is 75.7 Å². The van der Waals surface area contributed by atoms with Crippen LogP contribution in [0.1, 0.15) is 27.9 Å². The van der Waals surface area contributed by atoms with Crippen molar-refractivity contribution < 1.29 is 26.7 Å². The molecule has 0 saturated heterocycles. The number of hydrogen-bond acceptors (Lipinski definition) is 4. The van der Waals surface area contributed by atoms with Gasteiger partial charge in [-0.1, -0.05) is 6.07 Å². The first-order chi connectivity index (χ1) is 13.8. The van der Waals surface area contributed by atoms with Crippen molar-refractivity contribution in [1.29, 1.82) is 0 Å². The van der Waals surface area contributed by atoms with E-state index < -0.39 is 27.6 Å². The highest BCUT2D eigenvalue weighted by Crippen LogP contribution is 2.25. The first kappa shape index (κ1) is 21.2. The summed E-state index contributed by atoms with van der Waals surface area (Å²) in [5, 5.41) is 2.46. The third-order valence-corrected chi connectivity index (χ3v) is 6.73. The van der Waals surface area contributed by atoms with Crippen LogP contribution < -0.4 is 10.1 Å². The second kappa shape index (κ2) is 8.87. The number of carbonyl (C=O) groups is 1. The number of sulfonamides is 1. The zero-order chi connectivity index (χ0) is 21.0. The minimum absolute atomic E-state index is 0.0660. The summed E-state index contributed by atoms with van der Waals surface area (Å²) in [5.41, 5.74) is 1.74. The second-order valence-corrected chi connectivity index (χ2v) is 8.86. The molecule has 1 N–H and O–H groups in total. The van der Waals surface area contributed by atoms with Crippen molar-refractivity contribution in [2.45, 2.75) is 19.4 Å². The first-order valence-electron chi connectivity index (χ1n) is 9.17. The Labute approximate surface area is 168 Å². The molecule has 0 unspecified atom stereocenters. The van der Waals surface area contributed by atoms with Crippen molar-refractivity contribution in [1.82, 2.24) is 9.62 Å². The summed E-state index contributed by atoms with van der Waals surface area (Å²) >= 11 is 0. The Morgan fingerprint density at radius 1 is 1.17 bits per heavy atom. The minimum Gasteiger partial charge on any atom is -0.497 e. The van der Waals surface area contributed by atoms with Crippen molar-refractivity contribution in [2.24, 2.45) is 0 Å². The van der Waals surface area contributed by atoms with E-state index in [2.05, 4.69) is 5.32 Å². The highest BCUT2D eigenvalue weighted by atomic mass is 32.2. The van der Waals surface area contributed by atoms with Gasteiger partial charge in [-0.3, -0.25) is 4.79 Å². The SMILES string of the molecule is COc1ccc2c(c1)CCN(S(=O)(=O)CCCNC(=O)c1ccc(F)cc1F)C2. The Balaban J connectivity index is 1.52. The molecule has 0 fully saturated rings. The van der Waals surface area contributed by atoms with Gasteiger partial charge in [-0.2, -0.15) is 4.31 Å². The summed E-state index contributed by atoms with van der Waals surface area (Å²) in [6.07, 6.45) is 0.787. The predicted molar refractivity (Wildman–Crippen MR) is 104 cm³/mol. The van der Waals surface area contributed by atoms with Gasteiger partial charge in [-0.15, -0.1) is 0 Å². The average Bonchev–Trinajstić information content (AvgIpc) is 2.70. The highest BCUT2D eigenvalue weighted by molar-refractivity contribution is 7.89. The van der Waals surface area contributed by atoms with E-state index in [-0.39, 0.29) is 24.3 Å². The van der Waals surface area contributed by atoms with Crippen LogP contribution in [0.3, 0.4) is 0 Å². The van der Waals surface area contributed by atoms with E-state index in [0.29, 0.717) is 25.6 Å². The molecule has 0 atom stereocenters. The molecule has 1 amide bonds. The van der Waals surface area contributed by atoms with E-state index in [1.54, 1.807) is 13.2 Å². The molecule has 1 aliphatic heterocycles. The fourth-order valence-corrected chi connectivity index (χ4v) is 4.69. The van der Waals surface area contributed by atoms with Gasteiger partial charge in [0.05, 0.1) is 18.4 Å². The number of fused-ring (bicyclic) bond motifs is 1. The number of hydrogen-bond donors (Lipinski definition) is 1. The standard InChI is InChI=1S/C20H22F2N2O4S/c1-28-17-5-3-15-13-24(9-7-14(15)11-17)29(26,27)10-2-8-23-20(25)18-6-4-16(21)12-19(18)22/h3-6,11-12H,2,7-10,13H2,1H3,(H,23,25). The van der Waals surface area contributed by atoms with Crippen molar-refractivity contribution in [2.75, 3.05) is 26.0 Å². The molecule has 1 heterocycles. The maximum absolute atomic E-state index is 13.6. The number of methoxy groups -OCH3 is 1. The number of rotatable bonds is 7. The Hall–Kier alpha value is -2.52. The van der Waals surface area contributed by atoms with Crippen molar-refractivity contribution >= 4 is 15.9 Å². The van der Waals surface area contributed by atoms with Crippen LogP contribution in [0.4, 0.5) is 8.78 Å². The molecule has 29 heavy (non-hydrogen) atoms. The smallest absolute Gasteiger partial charge is 0.254 e. The third-order valence-electron chi connectivity index (χ3n) is 4.82. The van der Waals surface area contributed by atoms with Crippen LogP contribution in [0.2, 0.25) is 0 Å². The fraction of sp³-hybridized carbons (Fsp3) is 0.350. The van der Waals surface area contributed by atoms with E-state index in [9.17, 15) is 22.0 Å². The van der Waals surface area contributed by atoms with Crippen LogP contribution >= 0.6 is 0 Å². The molecule has 3 rings (SSSR count). The zero-order valence-electron chi connectivity index (χ0n) is 16.0. The minimum atomic E-state index is -3.49. The van der Waals surface area contributed by atoms with Gasteiger partial charge in [0.15, 0.2) is 0 Å². The summed E-state index contributed by atoms with van der Waals surface area (Å²) < 4.78 is 58.4. The molecule has 1 aliphatic rings. The molecule has 0 aromatic heterocycles. The molecule has 9 heteroatoms. The first-order valence-corrected chi connectivity index (χ1v) is 10.8. The quantitative estimate of drug-likeness (QED) is 0.693. The largest absolute Gasteiger partial charge is 0.497 e.